The minimum absolute atomic E-state index is 0.388. The van der Waals surface area contributed by atoms with Crippen LogP contribution in [0.25, 0.3) is 0 Å². The van der Waals surface area contributed by atoms with Crippen LogP contribution in [0.1, 0.15) is 10.4 Å². The molecule has 0 aliphatic carbocycles. The number of hydrogen-bond donors (Lipinski definition) is 1. The molecule has 0 radical (unpaired) electrons. The van der Waals surface area contributed by atoms with E-state index in [9.17, 15) is 4.79 Å². The van der Waals surface area contributed by atoms with Gasteiger partial charge in [-0.15, -0.1) is 23.5 Å². The molecule has 0 fully saturated rings. The maximum atomic E-state index is 10.8. The number of carbonyl (C=O) groups is 1. The van der Waals surface area contributed by atoms with Gasteiger partial charge in [0.25, 0.3) is 0 Å². The average Bonchev–Trinajstić information content (AvgIpc) is 2.16. The molecule has 0 aromatic heterocycles. The van der Waals surface area contributed by atoms with Gasteiger partial charge in [-0.3, -0.25) is 0 Å². The first-order valence-electron chi connectivity index (χ1n) is 3.65. The Kier molecular flexibility index (Phi) is 3.69. The summed E-state index contributed by atoms with van der Waals surface area (Å²) >= 11 is 3.04. The van der Waals surface area contributed by atoms with Crippen molar-refractivity contribution in [2.24, 2.45) is 0 Å². The van der Waals surface area contributed by atoms with Crippen molar-refractivity contribution in [3.05, 3.63) is 23.8 Å². The van der Waals surface area contributed by atoms with Crippen molar-refractivity contribution < 1.29 is 9.90 Å². The third-order valence-electron chi connectivity index (χ3n) is 1.63. The van der Waals surface area contributed by atoms with Gasteiger partial charge in [-0.05, 0) is 24.6 Å². The predicted octanol–water partition coefficient (Wildman–Crippen LogP) is 2.83. The lowest BCUT2D eigenvalue weighted by atomic mass is 10.2. The molecule has 4 heteroatoms. The van der Waals surface area contributed by atoms with Crippen LogP contribution in [0.2, 0.25) is 0 Å². The van der Waals surface area contributed by atoms with Crippen molar-refractivity contribution in [3.63, 3.8) is 0 Å². The smallest absolute Gasteiger partial charge is 0.336 e. The van der Waals surface area contributed by atoms with Gasteiger partial charge in [-0.25, -0.2) is 4.79 Å². The number of carboxylic acid groups (broad SMARTS) is 1. The molecule has 0 unspecified atom stereocenters. The molecular weight excluding hydrogens is 204 g/mol. The first kappa shape index (κ1) is 10.5. The number of thioether (sulfide) groups is 2. The molecule has 13 heavy (non-hydrogen) atoms. The minimum atomic E-state index is -0.861. The molecule has 0 heterocycles. The summed E-state index contributed by atoms with van der Waals surface area (Å²) < 4.78 is 0. The van der Waals surface area contributed by atoms with Crippen molar-refractivity contribution in [1.82, 2.24) is 0 Å². The normalized spacial score (nSPS) is 10.0. The fourth-order valence-corrected chi connectivity index (χ4v) is 2.71. The van der Waals surface area contributed by atoms with Crippen molar-refractivity contribution in [1.29, 1.82) is 0 Å². The molecule has 0 aliphatic rings. The molecule has 1 N–H and O–H groups in total. The van der Waals surface area contributed by atoms with E-state index in [-0.39, 0.29) is 0 Å². The second kappa shape index (κ2) is 4.58. The second-order valence-electron chi connectivity index (χ2n) is 2.35. The lowest BCUT2D eigenvalue weighted by molar-refractivity contribution is 0.0692. The zero-order valence-corrected chi connectivity index (χ0v) is 9.04. The van der Waals surface area contributed by atoms with Crippen molar-refractivity contribution >= 4 is 29.5 Å². The highest BCUT2D eigenvalue weighted by Gasteiger charge is 2.11. The fourth-order valence-electron chi connectivity index (χ4n) is 1.06. The predicted molar refractivity (Wildman–Crippen MR) is 57.0 cm³/mol. The van der Waals surface area contributed by atoms with Crippen molar-refractivity contribution in [2.75, 3.05) is 12.5 Å². The molecule has 1 aromatic rings. The fraction of sp³-hybridized carbons (Fsp3) is 0.222. The van der Waals surface area contributed by atoms with Gasteiger partial charge in [-0.2, -0.15) is 0 Å². The van der Waals surface area contributed by atoms with Crippen molar-refractivity contribution in [2.45, 2.75) is 9.79 Å². The maximum Gasteiger partial charge on any atom is 0.336 e. The Morgan fingerprint density at radius 3 is 2.46 bits per heavy atom. The highest BCUT2D eigenvalue weighted by Crippen LogP contribution is 2.31. The van der Waals surface area contributed by atoms with Crippen LogP contribution in [0.5, 0.6) is 0 Å². The number of benzene rings is 1. The summed E-state index contributed by atoms with van der Waals surface area (Å²) in [5, 5.41) is 8.89. The largest absolute Gasteiger partial charge is 0.478 e. The van der Waals surface area contributed by atoms with Crippen molar-refractivity contribution in [3.8, 4) is 0 Å². The highest BCUT2D eigenvalue weighted by molar-refractivity contribution is 8.01. The molecule has 2 nitrogen and oxygen atoms in total. The second-order valence-corrected chi connectivity index (χ2v) is 4.01. The Hall–Kier alpha value is -0.610. The topological polar surface area (TPSA) is 37.3 Å². The van der Waals surface area contributed by atoms with Crippen LogP contribution in [0, 0.1) is 0 Å². The Balaban J connectivity index is 3.27. The Bertz CT molecular complexity index is 323. The van der Waals surface area contributed by atoms with E-state index in [2.05, 4.69) is 0 Å². The van der Waals surface area contributed by atoms with Crippen LogP contribution in [-0.4, -0.2) is 23.6 Å². The summed E-state index contributed by atoms with van der Waals surface area (Å²) in [7, 11) is 0. The van der Waals surface area contributed by atoms with E-state index in [1.165, 1.54) is 11.8 Å². The van der Waals surface area contributed by atoms with Gasteiger partial charge >= 0.3 is 5.97 Å². The third-order valence-corrected chi connectivity index (χ3v) is 3.39. The van der Waals surface area contributed by atoms with Crippen LogP contribution in [0.3, 0.4) is 0 Å². The van der Waals surface area contributed by atoms with Crippen LogP contribution >= 0.6 is 23.5 Å². The summed E-state index contributed by atoms with van der Waals surface area (Å²) in [6, 6.07) is 5.34. The number of rotatable bonds is 3. The van der Waals surface area contributed by atoms with E-state index in [1.807, 2.05) is 18.6 Å². The molecule has 0 aliphatic heterocycles. The Morgan fingerprint density at radius 2 is 2.00 bits per heavy atom. The van der Waals surface area contributed by atoms with Gasteiger partial charge in [-0.1, -0.05) is 6.07 Å². The minimum Gasteiger partial charge on any atom is -0.478 e. The van der Waals surface area contributed by atoms with E-state index >= 15 is 0 Å². The molecule has 0 amide bonds. The van der Waals surface area contributed by atoms with Gasteiger partial charge in [0.15, 0.2) is 0 Å². The van der Waals surface area contributed by atoms with Gasteiger partial charge < -0.3 is 5.11 Å². The Labute approximate surface area is 85.7 Å². The standard InChI is InChI=1S/C9H10O2S2/c1-12-7-5-3-4-6(9(10)11)8(7)13-2/h3-5H,1-2H3,(H,10,11). The molecule has 0 bridgehead atoms. The summed E-state index contributed by atoms with van der Waals surface area (Å²) in [6.45, 7) is 0. The molecule has 1 rings (SSSR count). The molecule has 0 saturated heterocycles. The number of carboxylic acids is 1. The van der Waals surface area contributed by atoms with E-state index in [0.717, 1.165) is 9.79 Å². The molecule has 0 saturated carbocycles. The van der Waals surface area contributed by atoms with E-state index in [4.69, 9.17) is 5.11 Å². The van der Waals surface area contributed by atoms with Crippen LogP contribution in [-0.2, 0) is 0 Å². The monoisotopic (exact) mass is 214 g/mol. The molecule has 0 atom stereocenters. The zero-order valence-electron chi connectivity index (χ0n) is 7.40. The van der Waals surface area contributed by atoms with E-state index < -0.39 is 5.97 Å². The summed E-state index contributed by atoms with van der Waals surface area (Å²) in [6.07, 6.45) is 3.84. The Morgan fingerprint density at radius 1 is 1.31 bits per heavy atom. The zero-order chi connectivity index (χ0) is 9.84. The summed E-state index contributed by atoms with van der Waals surface area (Å²) in [5.74, 6) is -0.861. The lowest BCUT2D eigenvalue weighted by Crippen LogP contribution is -1.99. The third kappa shape index (κ3) is 2.19. The lowest BCUT2D eigenvalue weighted by Gasteiger charge is -2.07. The van der Waals surface area contributed by atoms with Crippen LogP contribution < -0.4 is 0 Å². The molecular formula is C9H10O2S2. The molecule has 70 valence electrons. The van der Waals surface area contributed by atoms with Crippen LogP contribution in [0.15, 0.2) is 28.0 Å². The molecule has 1 aromatic carbocycles. The SMILES string of the molecule is CSc1cccc(C(=O)O)c1SC. The number of hydrogen-bond acceptors (Lipinski definition) is 3. The van der Waals surface area contributed by atoms with Gasteiger partial charge in [0, 0.05) is 9.79 Å². The number of aromatic carboxylic acids is 1. The van der Waals surface area contributed by atoms with Gasteiger partial charge in [0.05, 0.1) is 5.56 Å². The van der Waals surface area contributed by atoms with Gasteiger partial charge in [0.2, 0.25) is 0 Å². The van der Waals surface area contributed by atoms with Crippen LogP contribution in [0.4, 0.5) is 0 Å². The first-order valence-corrected chi connectivity index (χ1v) is 6.10. The molecule has 0 spiro atoms. The first-order chi connectivity index (χ1) is 6.20. The average molecular weight is 214 g/mol. The quantitative estimate of drug-likeness (QED) is 0.785. The van der Waals surface area contributed by atoms with E-state index in [0.29, 0.717) is 5.56 Å². The summed E-state index contributed by atoms with van der Waals surface area (Å²) in [4.78, 5) is 12.7. The van der Waals surface area contributed by atoms with Gasteiger partial charge in [0.1, 0.15) is 0 Å². The highest BCUT2D eigenvalue weighted by atomic mass is 32.2. The summed E-state index contributed by atoms with van der Waals surface area (Å²) in [5.41, 5.74) is 0.388. The van der Waals surface area contributed by atoms with E-state index in [1.54, 1.807) is 23.9 Å². The maximum absolute atomic E-state index is 10.8.